The highest BCUT2D eigenvalue weighted by Crippen LogP contribution is 2.34. The number of rotatable bonds is 2. The Balaban J connectivity index is 0.000000159. The van der Waals surface area contributed by atoms with Gasteiger partial charge < -0.3 is 0 Å². The van der Waals surface area contributed by atoms with Gasteiger partial charge in [-0.15, -0.1) is 0 Å². The van der Waals surface area contributed by atoms with Crippen LogP contribution in [0.15, 0.2) is 146 Å². The van der Waals surface area contributed by atoms with Crippen LogP contribution in [-0.2, 0) is 0 Å². The predicted molar refractivity (Wildman–Crippen MR) is 165 cm³/mol. The molecule has 0 amide bonds. The highest BCUT2D eigenvalue weighted by atomic mass is 14.7. The molecule has 4 heterocycles. The number of nitrogens with zero attached hydrogens (tertiary/aromatic N) is 4. The maximum atomic E-state index is 4.67. The number of pyridine rings is 4. The summed E-state index contributed by atoms with van der Waals surface area (Å²) in [6.07, 6.45) is 7.36. The van der Waals surface area contributed by atoms with E-state index in [1.165, 1.54) is 22.3 Å². The van der Waals surface area contributed by atoms with Crippen LogP contribution in [0, 0.1) is 0 Å². The smallest absolute Gasteiger partial charge is 0.0970 e. The highest BCUT2D eigenvalue weighted by molar-refractivity contribution is 6.11. The molecule has 0 unspecified atom stereocenters. The lowest BCUT2D eigenvalue weighted by Gasteiger charge is -2.11. The fraction of sp³-hybridized carbons (Fsp3) is 0. The van der Waals surface area contributed by atoms with Gasteiger partial charge in [-0.2, -0.15) is 0 Å². The van der Waals surface area contributed by atoms with Crippen molar-refractivity contribution in [1.29, 1.82) is 0 Å². The molecular weight excluding hydrogens is 488 g/mol. The summed E-state index contributed by atoms with van der Waals surface area (Å²) in [5.41, 5.74) is 8.60. The van der Waals surface area contributed by atoms with Crippen molar-refractivity contribution in [2.45, 2.75) is 0 Å². The average molecular weight is 513 g/mol. The average Bonchev–Trinajstić information content (AvgIpc) is 3.05. The summed E-state index contributed by atoms with van der Waals surface area (Å²) in [5.74, 6) is 0. The third-order valence-electron chi connectivity index (χ3n) is 7.14. The van der Waals surface area contributed by atoms with Crippen LogP contribution < -0.4 is 0 Å². The fourth-order valence-corrected chi connectivity index (χ4v) is 5.25. The molecule has 0 aliphatic carbocycles. The third kappa shape index (κ3) is 4.32. The van der Waals surface area contributed by atoms with E-state index in [0.717, 1.165) is 43.6 Å². The first-order chi connectivity index (χ1) is 19.9. The minimum Gasteiger partial charge on any atom is -0.254 e. The SMILES string of the molecule is c1ccc(-c2ccnc3c2ccc2c(-c4ccccc4)ccnc23)cc1.c1cnc2c(c1)ccc1cccnc12. The molecule has 0 aliphatic heterocycles. The predicted octanol–water partition coefficient (Wildman–Crippen LogP) is 8.90. The molecule has 8 aromatic rings. The minimum absolute atomic E-state index is 0.946. The van der Waals surface area contributed by atoms with Crippen LogP contribution in [0.1, 0.15) is 0 Å². The van der Waals surface area contributed by atoms with E-state index in [2.05, 4.69) is 117 Å². The van der Waals surface area contributed by atoms with Gasteiger partial charge in [-0.3, -0.25) is 19.9 Å². The van der Waals surface area contributed by atoms with Crippen molar-refractivity contribution in [3.05, 3.63) is 146 Å². The quantitative estimate of drug-likeness (QED) is 0.217. The summed E-state index contributed by atoms with van der Waals surface area (Å²) < 4.78 is 0. The van der Waals surface area contributed by atoms with E-state index < -0.39 is 0 Å². The molecule has 4 aromatic carbocycles. The van der Waals surface area contributed by atoms with Gasteiger partial charge in [-0.25, -0.2) is 0 Å². The Labute approximate surface area is 231 Å². The van der Waals surface area contributed by atoms with Gasteiger partial charge in [0.05, 0.1) is 22.1 Å². The monoisotopic (exact) mass is 512 g/mol. The van der Waals surface area contributed by atoms with Crippen molar-refractivity contribution in [2.75, 3.05) is 0 Å². The Morgan fingerprint density at radius 2 is 0.725 bits per heavy atom. The molecule has 4 nitrogen and oxygen atoms in total. The molecule has 0 bridgehead atoms. The van der Waals surface area contributed by atoms with Crippen molar-refractivity contribution in [1.82, 2.24) is 19.9 Å². The maximum absolute atomic E-state index is 4.67. The first-order valence-corrected chi connectivity index (χ1v) is 13.2. The zero-order chi connectivity index (χ0) is 26.7. The zero-order valence-corrected chi connectivity index (χ0v) is 21.6. The van der Waals surface area contributed by atoms with Gasteiger partial charge in [-0.1, -0.05) is 97.1 Å². The van der Waals surface area contributed by atoms with Crippen LogP contribution in [0.2, 0.25) is 0 Å². The normalized spacial score (nSPS) is 11.0. The van der Waals surface area contributed by atoms with Crippen LogP contribution in [0.5, 0.6) is 0 Å². The summed E-state index contributed by atoms with van der Waals surface area (Å²) in [6.45, 7) is 0. The van der Waals surface area contributed by atoms with Crippen LogP contribution in [0.3, 0.4) is 0 Å². The van der Waals surface area contributed by atoms with E-state index >= 15 is 0 Å². The summed E-state index contributed by atoms with van der Waals surface area (Å²) in [4.78, 5) is 18.0. The number of fused-ring (bicyclic) bond motifs is 6. The molecular formula is C36H24N4. The molecule has 0 atom stereocenters. The van der Waals surface area contributed by atoms with Gasteiger partial charge in [0.25, 0.3) is 0 Å². The van der Waals surface area contributed by atoms with E-state index in [1.807, 2.05) is 36.7 Å². The highest BCUT2D eigenvalue weighted by Gasteiger charge is 2.11. The maximum Gasteiger partial charge on any atom is 0.0970 e. The van der Waals surface area contributed by atoms with Gasteiger partial charge in [0.15, 0.2) is 0 Å². The Kier molecular flexibility index (Phi) is 6.11. The lowest BCUT2D eigenvalue weighted by molar-refractivity contribution is 1.37. The van der Waals surface area contributed by atoms with Crippen LogP contribution in [-0.4, -0.2) is 19.9 Å². The molecule has 188 valence electrons. The first-order valence-electron chi connectivity index (χ1n) is 13.2. The van der Waals surface area contributed by atoms with Crippen molar-refractivity contribution < 1.29 is 0 Å². The number of benzene rings is 4. The Bertz CT molecular complexity index is 1950. The van der Waals surface area contributed by atoms with Crippen molar-refractivity contribution in [3.8, 4) is 22.3 Å². The van der Waals surface area contributed by atoms with E-state index in [4.69, 9.17) is 0 Å². The second-order valence-corrected chi connectivity index (χ2v) is 9.52. The van der Waals surface area contributed by atoms with E-state index in [0.29, 0.717) is 0 Å². The standard InChI is InChI=1S/C24H16N2.C12H8N2/c1-3-7-17(8-4-1)19-13-15-25-23-21(19)11-12-22-20(14-16-26-24(22)23)18-9-5-2-6-10-18;1-3-9-5-6-10-4-2-8-14-12(10)11(9)13-7-1/h1-16H;1-8H. The first kappa shape index (κ1) is 23.6. The molecule has 4 heteroatoms. The lowest BCUT2D eigenvalue weighted by Crippen LogP contribution is -1.90. The molecule has 0 N–H and O–H groups in total. The van der Waals surface area contributed by atoms with Crippen LogP contribution in [0.25, 0.3) is 65.9 Å². The zero-order valence-electron chi connectivity index (χ0n) is 21.6. The molecule has 0 fully saturated rings. The van der Waals surface area contributed by atoms with Gasteiger partial charge in [0, 0.05) is 46.3 Å². The Hall–Kier alpha value is -5.48. The topological polar surface area (TPSA) is 51.6 Å². The van der Waals surface area contributed by atoms with Crippen LogP contribution >= 0.6 is 0 Å². The number of hydrogen-bond donors (Lipinski definition) is 0. The van der Waals surface area contributed by atoms with E-state index in [9.17, 15) is 0 Å². The number of aromatic nitrogens is 4. The second kappa shape index (κ2) is 10.4. The van der Waals surface area contributed by atoms with Crippen molar-refractivity contribution >= 4 is 43.6 Å². The summed E-state index contributed by atoms with van der Waals surface area (Å²) in [5, 5.41) is 4.53. The van der Waals surface area contributed by atoms with E-state index in [1.54, 1.807) is 12.4 Å². The van der Waals surface area contributed by atoms with Gasteiger partial charge in [0.2, 0.25) is 0 Å². The molecule has 0 aliphatic rings. The van der Waals surface area contributed by atoms with E-state index in [-0.39, 0.29) is 0 Å². The van der Waals surface area contributed by atoms with Gasteiger partial charge in [0.1, 0.15) is 0 Å². The molecule has 4 aromatic heterocycles. The summed E-state index contributed by atoms with van der Waals surface area (Å²) >= 11 is 0. The summed E-state index contributed by atoms with van der Waals surface area (Å²) in [6, 6.07) is 41.5. The largest absolute Gasteiger partial charge is 0.254 e. The molecule has 0 saturated carbocycles. The Morgan fingerprint density at radius 3 is 1.18 bits per heavy atom. The van der Waals surface area contributed by atoms with Gasteiger partial charge >= 0.3 is 0 Å². The third-order valence-corrected chi connectivity index (χ3v) is 7.14. The fourth-order valence-electron chi connectivity index (χ4n) is 5.25. The molecule has 0 spiro atoms. The van der Waals surface area contributed by atoms with Crippen molar-refractivity contribution in [2.24, 2.45) is 0 Å². The molecule has 8 rings (SSSR count). The lowest BCUT2D eigenvalue weighted by atomic mass is 9.97. The Morgan fingerprint density at radius 1 is 0.300 bits per heavy atom. The minimum atomic E-state index is 0.946. The second-order valence-electron chi connectivity index (χ2n) is 9.52. The van der Waals surface area contributed by atoms with Crippen molar-refractivity contribution in [3.63, 3.8) is 0 Å². The molecule has 0 radical (unpaired) electrons. The molecule has 40 heavy (non-hydrogen) atoms. The summed E-state index contributed by atoms with van der Waals surface area (Å²) in [7, 11) is 0. The van der Waals surface area contributed by atoms with Crippen LogP contribution in [0.4, 0.5) is 0 Å². The number of hydrogen-bond acceptors (Lipinski definition) is 4. The molecule has 0 saturated heterocycles. The van der Waals surface area contributed by atoms with Gasteiger partial charge in [-0.05, 0) is 46.5 Å².